The van der Waals surface area contributed by atoms with E-state index in [-0.39, 0.29) is 11.5 Å². The van der Waals surface area contributed by atoms with Crippen LogP contribution >= 0.6 is 0 Å². The average molecular weight is 257 g/mol. The second kappa shape index (κ2) is 5.79. The van der Waals surface area contributed by atoms with Crippen molar-refractivity contribution < 1.29 is 17.9 Å². The van der Waals surface area contributed by atoms with Crippen molar-refractivity contribution >= 4 is 16.0 Å². The number of nitrogens with one attached hydrogen (secondary N) is 1. The molecule has 0 amide bonds. The molecule has 0 aliphatic carbocycles. The summed E-state index contributed by atoms with van der Waals surface area (Å²) >= 11 is 0. The highest BCUT2D eigenvalue weighted by atomic mass is 32.2. The smallest absolute Gasteiger partial charge is 0.338 e. The molecular weight excluding hydrogens is 242 g/mol. The summed E-state index contributed by atoms with van der Waals surface area (Å²) in [5.41, 5.74) is 0.335. The lowest BCUT2D eigenvalue weighted by Crippen LogP contribution is -2.23. The summed E-state index contributed by atoms with van der Waals surface area (Å²) in [7, 11) is -3.47. The van der Waals surface area contributed by atoms with Gasteiger partial charge in [0, 0.05) is 6.54 Å². The van der Waals surface area contributed by atoms with E-state index in [4.69, 9.17) is 4.74 Å². The van der Waals surface area contributed by atoms with Crippen LogP contribution in [0.25, 0.3) is 0 Å². The Labute approximate surface area is 101 Å². The zero-order valence-electron chi connectivity index (χ0n) is 9.76. The van der Waals surface area contributed by atoms with Crippen LogP contribution in [0.4, 0.5) is 0 Å². The predicted octanol–water partition coefficient (Wildman–Crippen LogP) is 1.16. The molecule has 0 fully saturated rings. The number of benzene rings is 1. The maximum absolute atomic E-state index is 11.6. The highest BCUT2D eigenvalue weighted by Gasteiger charge is 2.13. The Hall–Kier alpha value is -1.40. The standard InChI is InChI=1S/C11H15NO4S/c1-3-12-17(14,15)10-7-5-9(6-8-10)11(13)16-4-2/h5-8,12H,3-4H2,1-2H3. The number of ether oxygens (including phenoxy) is 1. The number of carbonyl (C=O) groups excluding carboxylic acids is 1. The van der Waals surface area contributed by atoms with Crippen molar-refractivity contribution in [2.45, 2.75) is 18.7 Å². The third-order valence-electron chi connectivity index (χ3n) is 2.01. The van der Waals surface area contributed by atoms with Gasteiger partial charge in [-0.2, -0.15) is 0 Å². The molecule has 0 saturated heterocycles. The van der Waals surface area contributed by atoms with Gasteiger partial charge < -0.3 is 4.74 Å². The molecule has 1 aromatic carbocycles. The quantitative estimate of drug-likeness (QED) is 0.803. The van der Waals surface area contributed by atoms with Crippen molar-refractivity contribution in [2.75, 3.05) is 13.2 Å². The van der Waals surface area contributed by atoms with E-state index in [2.05, 4.69) is 4.72 Å². The molecule has 0 bridgehead atoms. The molecule has 6 heteroatoms. The molecule has 0 spiro atoms. The Bertz CT molecular complexity index is 479. The van der Waals surface area contributed by atoms with Gasteiger partial charge in [0.05, 0.1) is 17.1 Å². The van der Waals surface area contributed by atoms with E-state index >= 15 is 0 Å². The zero-order chi connectivity index (χ0) is 12.9. The predicted molar refractivity (Wildman–Crippen MR) is 63.3 cm³/mol. The van der Waals surface area contributed by atoms with Crippen LogP contribution in [-0.4, -0.2) is 27.5 Å². The van der Waals surface area contributed by atoms with Crippen LogP contribution in [0.2, 0.25) is 0 Å². The lowest BCUT2D eigenvalue weighted by molar-refractivity contribution is 0.0526. The Morgan fingerprint density at radius 3 is 2.29 bits per heavy atom. The van der Waals surface area contributed by atoms with Crippen molar-refractivity contribution in [3.8, 4) is 0 Å². The molecule has 0 unspecified atom stereocenters. The summed E-state index contributed by atoms with van der Waals surface area (Å²) in [5.74, 6) is -0.458. The fourth-order valence-electron chi connectivity index (χ4n) is 1.26. The average Bonchev–Trinajstić information content (AvgIpc) is 2.29. The molecule has 0 aliphatic rings. The maximum atomic E-state index is 11.6. The summed E-state index contributed by atoms with van der Waals surface area (Å²) < 4.78 is 30.4. The van der Waals surface area contributed by atoms with Crippen molar-refractivity contribution in [2.24, 2.45) is 0 Å². The first-order valence-corrected chi connectivity index (χ1v) is 6.76. The molecule has 1 aromatic rings. The molecule has 1 rings (SSSR count). The van der Waals surface area contributed by atoms with E-state index < -0.39 is 16.0 Å². The van der Waals surface area contributed by atoms with Crippen molar-refractivity contribution in [1.82, 2.24) is 4.72 Å². The Balaban J connectivity index is 2.92. The highest BCUT2D eigenvalue weighted by molar-refractivity contribution is 7.89. The third kappa shape index (κ3) is 3.54. The van der Waals surface area contributed by atoms with Crippen LogP contribution < -0.4 is 4.72 Å². The van der Waals surface area contributed by atoms with Gasteiger partial charge in [-0.3, -0.25) is 0 Å². The molecule has 1 N–H and O–H groups in total. The fourth-order valence-corrected chi connectivity index (χ4v) is 2.30. The van der Waals surface area contributed by atoms with Gasteiger partial charge in [0.15, 0.2) is 0 Å². The minimum Gasteiger partial charge on any atom is -0.462 e. The number of rotatable bonds is 5. The minimum absolute atomic E-state index is 0.132. The van der Waals surface area contributed by atoms with E-state index in [1.807, 2.05) is 0 Å². The van der Waals surface area contributed by atoms with Gasteiger partial charge in [0.1, 0.15) is 0 Å². The van der Waals surface area contributed by atoms with Crippen LogP contribution in [0.5, 0.6) is 0 Å². The number of esters is 1. The molecular formula is C11H15NO4S. The molecule has 0 saturated carbocycles. The van der Waals surface area contributed by atoms with Crippen LogP contribution in [0.3, 0.4) is 0 Å². The van der Waals surface area contributed by atoms with E-state index in [0.717, 1.165) is 0 Å². The van der Waals surface area contributed by atoms with E-state index in [1.54, 1.807) is 13.8 Å². The highest BCUT2D eigenvalue weighted by Crippen LogP contribution is 2.11. The second-order valence-electron chi connectivity index (χ2n) is 3.25. The molecule has 0 aromatic heterocycles. The SMILES string of the molecule is CCNS(=O)(=O)c1ccc(C(=O)OCC)cc1. The zero-order valence-corrected chi connectivity index (χ0v) is 10.6. The van der Waals surface area contributed by atoms with Crippen molar-refractivity contribution in [1.29, 1.82) is 0 Å². The Morgan fingerprint density at radius 1 is 1.24 bits per heavy atom. The summed E-state index contributed by atoms with van der Waals surface area (Å²) in [4.78, 5) is 11.5. The molecule has 0 heterocycles. The lowest BCUT2D eigenvalue weighted by atomic mass is 10.2. The number of hydrogen-bond acceptors (Lipinski definition) is 4. The van der Waals surface area contributed by atoms with E-state index in [1.165, 1.54) is 24.3 Å². The molecule has 94 valence electrons. The van der Waals surface area contributed by atoms with Crippen LogP contribution in [0, 0.1) is 0 Å². The topological polar surface area (TPSA) is 72.5 Å². The third-order valence-corrected chi connectivity index (χ3v) is 3.57. The van der Waals surface area contributed by atoms with Crippen molar-refractivity contribution in [3.05, 3.63) is 29.8 Å². The van der Waals surface area contributed by atoms with E-state index in [9.17, 15) is 13.2 Å². The van der Waals surface area contributed by atoms with Gasteiger partial charge in [0.25, 0.3) is 0 Å². The normalized spacial score (nSPS) is 11.2. The maximum Gasteiger partial charge on any atom is 0.338 e. The Kier molecular flexibility index (Phi) is 4.65. The lowest BCUT2D eigenvalue weighted by Gasteiger charge is -2.05. The molecule has 0 aliphatic heterocycles. The van der Waals surface area contributed by atoms with Gasteiger partial charge in [-0.1, -0.05) is 6.92 Å². The number of carbonyl (C=O) groups is 1. The van der Waals surface area contributed by atoms with Crippen LogP contribution in [0.1, 0.15) is 24.2 Å². The molecule has 5 nitrogen and oxygen atoms in total. The largest absolute Gasteiger partial charge is 0.462 e. The fraction of sp³-hybridized carbons (Fsp3) is 0.364. The monoisotopic (exact) mass is 257 g/mol. The summed E-state index contributed by atoms with van der Waals surface area (Å²) in [5, 5.41) is 0. The molecule has 0 radical (unpaired) electrons. The second-order valence-corrected chi connectivity index (χ2v) is 5.01. The van der Waals surface area contributed by atoms with Crippen LogP contribution in [0.15, 0.2) is 29.2 Å². The Morgan fingerprint density at radius 2 is 1.82 bits per heavy atom. The van der Waals surface area contributed by atoms with Gasteiger partial charge >= 0.3 is 5.97 Å². The summed E-state index contributed by atoms with van der Waals surface area (Å²) in [6.07, 6.45) is 0. The van der Waals surface area contributed by atoms with Gasteiger partial charge in [-0.25, -0.2) is 17.9 Å². The van der Waals surface area contributed by atoms with E-state index in [0.29, 0.717) is 12.1 Å². The van der Waals surface area contributed by atoms with Gasteiger partial charge in [-0.05, 0) is 31.2 Å². The summed E-state index contributed by atoms with van der Waals surface area (Å²) in [6.45, 7) is 4.02. The van der Waals surface area contributed by atoms with Gasteiger partial charge in [0.2, 0.25) is 10.0 Å². The first kappa shape index (κ1) is 13.7. The minimum atomic E-state index is -3.47. The summed E-state index contributed by atoms with van der Waals surface area (Å²) in [6, 6.07) is 5.62. The van der Waals surface area contributed by atoms with Gasteiger partial charge in [-0.15, -0.1) is 0 Å². The number of hydrogen-bond donors (Lipinski definition) is 1. The van der Waals surface area contributed by atoms with Crippen LogP contribution in [-0.2, 0) is 14.8 Å². The molecule has 17 heavy (non-hydrogen) atoms. The first-order chi connectivity index (χ1) is 8.01. The first-order valence-electron chi connectivity index (χ1n) is 5.28. The number of sulfonamides is 1. The van der Waals surface area contributed by atoms with Crippen molar-refractivity contribution in [3.63, 3.8) is 0 Å². The molecule has 0 atom stereocenters.